The number of aliphatic hydroxyl groups excluding tert-OH is 1. The Hall–Kier alpha value is -2.66. The first kappa shape index (κ1) is 15.8. The maximum Gasteiger partial charge on any atom is 0.417 e. The van der Waals surface area contributed by atoms with E-state index >= 15 is 0 Å². The van der Waals surface area contributed by atoms with Crippen molar-refractivity contribution in [2.45, 2.75) is 37.5 Å². The first-order chi connectivity index (χ1) is 11.9. The highest BCUT2D eigenvalue weighted by atomic mass is 16.6. The van der Waals surface area contributed by atoms with Gasteiger partial charge in [0.1, 0.15) is 0 Å². The SMILES string of the molecule is CC1(C)c2ccccc2[C@@H]2OC(=O)N(C(=O)[C@H](O)c3ccccc3)[C@@H]21. The van der Waals surface area contributed by atoms with Crippen LogP contribution in [0.1, 0.15) is 42.7 Å². The lowest BCUT2D eigenvalue weighted by molar-refractivity contribution is -0.139. The molecule has 3 atom stereocenters. The molecule has 2 aliphatic rings. The molecule has 128 valence electrons. The van der Waals surface area contributed by atoms with Crippen LogP contribution in [0.15, 0.2) is 54.6 Å². The van der Waals surface area contributed by atoms with Crippen LogP contribution in [0.25, 0.3) is 0 Å². The van der Waals surface area contributed by atoms with E-state index in [-0.39, 0.29) is 0 Å². The van der Waals surface area contributed by atoms with Gasteiger partial charge >= 0.3 is 6.09 Å². The molecule has 2 aromatic rings. The summed E-state index contributed by atoms with van der Waals surface area (Å²) in [4.78, 5) is 26.4. The van der Waals surface area contributed by atoms with E-state index in [2.05, 4.69) is 0 Å². The minimum atomic E-state index is -1.40. The lowest BCUT2D eigenvalue weighted by Crippen LogP contribution is -2.48. The molecule has 0 unspecified atom stereocenters. The summed E-state index contributed by atoms with van der Waals surface area (Å²) in [6.07, 6.45) is -2.59. The molecule has 5 heteroatoms. The molecule has 0 saturated carbocycles. The highest BCUT2D eigenvalue weighted by Gasteiger charge is 2.59. The minimum absolute atomic E-state index is 0.456. The molecule has 0 bridgehead atoms. The number of hydrogen-bond acceptors (Lipinski definition) is 4. The van der Waals surface area contributed by atoms with Crippen LogP contribution in [-0.4, -0.2) is 28.0 Å². The van der Waals surface area contributed by atoms with Crippen LogP contribution in [0.5, 0.6) is 0 Å². The number of rotatable bonds is 2. The van der Waals surface area contributed by atoms with E-state index in [0.29, 0.717) is 5.56 Å². The molecule has 1 N–H and O–H groups in total. The van der Waals surface area contributed by atoms with Crippen molar-refractivity contribution in [2.24, 2.45) is 0 Å². The molecule has 1 aliphatic heterocycles. The maximum absolute atomic E-state index is 12.9. The van der Waals surface area contributed by atoms with Gasteiger partial charge in [-0.3, -0.25) is 4.79 Å². The number of amides is 2. The van der Waals surface area contributed by atoms with E-state index in [0.717, 1.165) is 16.0 Å². The zero-order valence-corrected chi connectivity index (χ0v) is 14.0. The van der Waals surface area contributed by atoms with Gasteiger partial charge in [-0.05, 0) is 16.7 Å². The van der Waals surface area contributed by atoms with E-state index in [1.165, 1.54) is 0 Å². The van der Waals surface area contributed by atoms with E-state index in [9.17, 15) is 14.7 Å². The Morgan fingerprint density at radius 1 is 1.12 bits per heavy atom. The van der Waals surface area contributed by atoms with Gasteiger partial charge in [-0.15, -0.1) is 0 Å². The molecule has 0 radical (unpaired) electrons. The Morgan fingerprint density at radius 3 is 2.48 bits per heavy atom. The Labute approximate surface area is 145 Å². The van der Waals surface area contributed by atoms with Crippen LogP contribution in [0.2, 0.25) is 0 Å². The predicted octanol–water partition coefficient (Wildman–Crippen LogP) is 3.10. The van der Waals surface area contributed by atoms with Crippen LogP contribution in [-0.2, 0) is 14.9 Å². The lowest BCUT2D eigenvalue weighted by atomic mass is 9.82. The zero-order chi connectivity index (χ0) is 17.8. The minimum Gasteiger partial charge on any atom is -0.439 e. The van der Waals surface area contributed by atoms with Crippen molar-refractivity contribution in [1.82, 2.24) is 4.90 Å². The second kappa shape index (κ2) is 5.43. The summed E-state index contributed by atoms with van der Waals surface area (Å²) in [7, 11) is 0. The van der Waals surface area contributed by atoms with Crippen LogP contribution in [0, 0.1) is 0 Å². The van der Waals surface area contributed by atoms with Crippen LogP contribution in [0.4, 0.5) is 4.79 Å². The third kappa shape index (κ3) is 2.19. The van der Waals surface area contributed by atoms with Crippen LogP contribution in [0.3, 0.4) is 0 Å². The van der Waals surface area contributed by atoms with Crippen molar-refractivity contribution >= 4 is 12.0 Å². The van der Waals surface area contributed by atoms with Gasteiger partial charge < -0.3 is 9.84 Å². The normalized spacial score (nSPS) is 24.4. The van der Waals surface area contributed by atoms with E-state index in [4.69, 9.17) is 4.74 Å². The molecule has 2 amide bonds. The second-order valence-electron chi connectivity index (χ2n) is 7.08. The fourth-order valence-corrected chi connectivity index (χ4v) is 4.04. The molecule has 1 fully saturated rings. The molecular weight excluding hydrogens is 318 g/mol. The molecular formula is C20H19NO4. The summed E-state index contributed by atoms with van der Waals surface area (Å²) in [5.74, 6) is -0.649. The third-order valence-electron chi connectivity index (χ3n) is 5.28. The van der Waals surface area contributed by atoms with Gasteiger partial charge in [-0.2, -0.15) is 0 Å². The Balaban J connectivity index is 1.72. The fourth-order valence-electron chi connectivity index (χ4n) is 4.04. The average molecular weight is 337 g/mol. The Bertz CT molecular complexity index is 846. The number of carbonyl (C=O) groups is 2. The highest BCUT2D eigenvalue weighted by Crippen LogP contribution is 2.52. The largest absolute Gasteiger partial charge is 0.439 e. The van der Waals surface area contributed by atoms with E-state index in [1.54, 1.807) is 30.3 Å². The summed E-state index contributed by atoms with van der Waals surface area (Å²) in [5.41, 5.74) is 1.98. The average Bonchev–Trinajstić information content (AvgIpc) is 3.08. The Kier molecular flexibility index (Phi) is 3.44. The summed E-state index contributed by atoms with van der Waals surface area (Å²) in [6, 6.07) is 15.9. The molecule has 1 saturated heterocycles. The number of nitrogens with zero attached hydrogens (tertiary/aromatic N) is 1. The van der Waals surface area contributed by atoms with E-state index in [1.807, 2.05) is 38.1 Å². The third-order valence-corrected chi connectivity index (χ3v) is 5.28. The summed E-state index contributed by atoms with van der Waals surface area (Å²) in [5, 5.41) is 10.5. The van der Waals surface area contributed by atoms with Gasteiger partial charge in [0.25, 0.3) is 5.91 Å². The van der Waals surface area contributed by atoms with Crippen LogP contribution >= 0.6 is 0 Å². The van der Waals surface area contributed by atoms with Gasteiger partial charge in [0.15, 0.2) is 12.2 Å². The molecule has 4 rings (SSSR count). The topological polar surface area (TPSA) is 66.8 Å². The Morgan fingerprint density at radius 2 is 1.76 bits per heavy atom. The van der Waals surface area contributed by atoms with E-state index < -0.39 is 35.7 Å². The number of aliphatic hydroxyl groups is 1. The van der Waals surface area contributed by atoms with Crippen molar-refractivity contribution in [3.8, 4) is 0 Å². The number of imide groups is 1. The molecule has 25 heavy (non-hydrogen) atoms. The number of carbonyl (C=O) groups excluding carboxylic acids is 2. The van der Waals surface area contributed by atoms with Crippen molar-refractivity contribution < 1.29 is 19.4 Å². The first-order valence-corrected chi connectivity index (χ1v) is 8.29. The van der Waals surface area contributed by atoms with Gasteiger partial charge in [0.05, 0.1) is 6.04 Å². The van der Waals surface area contributed by atoms with Crippen molar-refractivity contribution in [3.05, 3.63) is 71.3 Å². The molecule has 5 nitrogen and oxygen atoms in total. The molecule has 0 spiro atoms. The highest BCUT2D eigenvalue weighted by molar-refractivity contribution is 5.97. The van der Waals surface area contributed by atoms with Crippen LogP contribution < -0.4 is 0 Å². The fraction of sp³-hybridized carbons (Fsp3) is 0.300. The molecule has 0 aromatic heterocycles. The number of ether oxygens (including phenoxy) is 1. The zero-order valence-electron chi connectivity index (χ0n) is 14.0. The summed E-state index contributed by atoms with van der Waals surface area (Å²) < 4.78 is 5.52. The maximum atomic E-state index is 12.9. The standard InChI is InChI=1S/C20H19NO4/c1-20(2)14-11-7-6-10-13(14)16-17(20)21(19(24)25-16)18(23)15(22)12-8-4-3-5-9-12/h3-11,15-17,22H,1-2H3/t15-,16+,17+/m1/s1. The quantitative estimate of drug-likeness (QED) is 0.914. The smallest absolute Gasteiger partial charge is 0.417 e. The summed E-state index contributed by atoms with van der Waals surface area (Å²) >= 11 is 0. The first-order valence-electron chi connectivity index (χ1n) is 8.29. The molecule has 1 aliphatic carbocycles. The predicted molar refractivity (Wildman–Crippen MR) is 90.7 cm³/mol. The number of benzene rings is 2. The summed E-state index contributed by atoms with van der Waals surface area (Å²) in [6.45, 7) is 3.99. The van der Waals surface area contributed by atoms with Crippen molar-refractivity contribution in [1.29, 1.82) is 0 Å². The molecule has 2 aromatic carbocycles. The molecule has 1 heterocycles. The van der Waals surface area contributed by atoms with Gasteiger partial charge in [0, 0.05) is 5.41 Å². The van der Waals surface area contributed by atoms with Gasteiger partial charge in [-0.1, -0.05) is 68.4 Å². The van der Waals surface area contributed by atoms with Crippen molar-refractivity contribution in [2.75, 3.05) is 0 Å². The van der Waals surface area contributed by atoms with Gasteiger partial charge in [-0.25, -0.2) is 9.69 Å². The van der Waals surface area contributed by atoms with Gasteiger partial charge in [0.2, 0.25) is 0 Å². The number of fused-ring (bicyclic) bond motifs is 3. The monoisotopic (exact) mass is 337 g/mol. The second-order valence-corrected chi connectivity index (χ2v) is 7.08. The van der Waals surface area contributed by atoms with Crippen molar-refractivity contribution in [3.63, 3.8) is 0 Å². The lowest BCUT2D eigenvalue weighted by Gasteiger charge is -2.32. The number of hydrogen-bond donors (Lipinski definition) is 1.